The zero-order valence-electron chi connectivity index (χ0n) is 49.5. The van der Waals surface area contributed by atoms with Crippen molar-refractivity contribution in [3.8, 4) is 0 Å². The first-order valence-corrected chi connectivity index (χ1v) is 29.4. The zero-order valence-corrected chi connectivity index (χ0v) is 49.5. The van der Waals surface area contributed by atoms with Gasteiger partial charge in [0.25, 0.3) is 11.8 Å². The summed E-state index contributed by atoms with van der Waals surface area (Å²) in [5, 5.41) is 22.3. The molecule has 1 unspecified atom stereocenters. The van der Waals surface area contributed by atoms with E-state index in [1.807, 2.05) is 37.3 Å². The van der Waals surface area contributed by atoms with Crippen molar-refractivity contribution >= 4 is 81.0 Å². The number of para-hydroxylation sites is 1. The van der Waals surface area contributed by atoms with Gasteiger partial charge in [-0.15, -0.1) is 0 Å². The number of hydrogen-bond donors (Lipinski definition) is 6. The number of benzene rings is 2. The van der Waals surface area contributed by atoms with Crippen LogP contribution in [0.1, 0.15) is 95.0 Å². The van der Waals surface area contributed by atoms with E-state index >= 15 is 0 Å². The molecule has 3 aliphatic rings. The summed E-state index contributed by atoms with van der Waals surface area (Å²) in [6.45, 7) is 5.92. The van der Waals surface area contributed by atoms with Crippen molar-refractivity contribution in [3.05, 3.63) is 77.6 Å². The molecule has 5 atom stereocenters. The summed E-state index contributed by atoms with van der Waals surface area (Å²) in [6.07, 6.45) is 7.43. The molecule has 0 saturated carbocycles. The van der Waals surface area contributed by atoms with E-state index in [1.165, 1.54) is 29.0 Å². The first-order chi connectivity index (χ1) is 40.8. The number of aromatic nitrogens is 3. The van der Waals surface area contributed by atoms with Gasteiger partial charge in [0.1, 0.15) is 23.9 Å². The molecule has 460 valence electrons. The molecule has 7 rings (SSSR count). The normalized spacial score (nSPS) is 18.0. The Morgan fingerprint density at radius 1 is 0.812 bits per heavy atom. The summed E-state index contributed by atoms with van der Waals surface area (Å²) in [5.41, 5.74) is 10.9. The monoisotopic (exact) mass is 1180 g/mol. The van der Waals surface area contributed by atoms with Crippen molar-refractivity contribution in [2.24, 2.45) is 0 Å². The minimum atomic E-state index is -1.12. The number of nitrogens with one attached hydrogen (secondary N) is 4. The second kappa shape index (κ2) is 31.3. The summed E-state index contributed by atoms with van der Waals surface area (Å²) in [5.74, 6) is -2.18. The van der Waals surface area contributed by atoms with Gasteiger partial charge in [0, 0.05) is 102 Å². The van der Waals surface area contributed by atoms with Gasteiger partial charge in [0.2, 0.25) is 35.4 Å². The van der Waals surface area contributed by atoms with Gasteiger partial charge in [-0.25, -0.2) is 9.97 Å². The number of likely N-dealkylation sites (tertiary alicyclic amines) is 1. The lowest BCUT2D eigenvalue weighted by Gasteiger charge is -2.30. The van der Waals surface area contributed by atoms with Crippen LogP contribution in [0.5, 0.6) is 0 Å². The van der Waals surface area contributed by atoms with Gasteiger partial charge in [-0.2, -0.15) is 0 Å². The molecule has 85 heavy (non-hydrogen) atoms. The summed E-state index contributed by atoms with van der Waals surface area (Å²) in [7, 11) is 4.79. The Bertz CT molecular complexity index is 3040. The molecular weight excluding hydrogens is 1090 g/mol. The van der Waals surface area contributed by atoms with Gasteiger partial charge >= 0.3 is 5.97 Å². The average Bonchev–Trinajstić information content (AvgIpc) is 2.71. The van der Waals surface area contributed by atoms with Crippen molar-refractivity contribution in [2.45, 2.75) is 128 Å². The standard InChI is InChI=1S/C60H83N13O12/c1-6-7-14-48-67-56-57(44-12-8-9-13-45(44)66-58(56)61)73(48)35-41-19-17-40(18-20-41)33-63-59(82)46-31-42(34-62-46)64-49(74)15-10-11-16-50(75)65-43-32-47(60(83)68(3)25-23-39(2)69(4)37-54(79)70(5)38-55(80)81)72(36-43)53(78)24-27-84-29-30-85-28-26-71-51(76)21-22-52(71)77/h8-9,12-13,17-22,39,42-43,46-47,62H,6-7,10-11,14-16,23-38H2,1-5H3,(H2,61,66)(H,63,82)(H,64,74)(H,65,75)(H,80,81)/t39?,42-,43-,46+,47+/m1/s1. The molecule has 8 amide bonds. The second-order valence-electron chi connectivity index (χ2n) is 22.3. The van der Waals surface area contributed by atoms with E-state index in [-0.39, 0.29) is 126 Å². The number of fused-ring (bicyclic) bond motifs is 3. The highest BCUT2D eigenvalue weighted by atomic mass is 16.5. The molecular formula is C60H83N13O12. The van der Waals surface area contributed by atoms with Crippen LogP contribution in [-0.4, -0.2) is 214 Å². The van der Waals surface area contributed by atoms with Crippen molar-refractivity contribution in [1.82, 2.24) is 60.3 Å². The highest BCUT2D eigenvalue weighted by Gasteiger charge is 2.41. The summed E-state index contributed by atoms with van der Waals surface area (Å²) >= 11 is 0. The number of anilines is 1. The Morgan fingerprint density at radius 2 is 1.48 bits per heavy atom. The van der Waals surface area contributed by atoms with Crippen LogP contribution in [0, 0.1) is 0 Å². The van der Waals surface area contributed by atoms with Crippen LogP contribution in [-0.2, 0) is 72.1 Å². The number of ether oxygens (including phenoxy) is 2. The number of aryl methyl sites for hydroxylation is 1. The predicted octanol–water partition coefficient (Wildman–Crippen LogP) is 1.73. The quantitative estimate of drug-likeness (QED) is 0.0292. The van der Waals surface area contributed by atoms with Crippen molar-refractivity contribution < 1.29 is 57.7 Å². The molecule has 2 aromatic heterocycles. The predicted molar refractivity (Wildman–Crippen MR) is 316 cm³/mol. The van der Waals surface area contributed by atoms with E-state index in [1.54, 1.807) is 19.0 Å². The Hall–Kier alpha value is -7.87. The number of rotatable bonds is 33. The minimum absolute atomic E-state index is 0.0174. The maximum absolute atomic E-state index is 14.0. The van der Waals surface area contributed by atoms with E-state index < -0.39 is 42.5 Å². The number of carboxylic acids is 1. The Balaban J connectivity index is 0.817. The molecule has 0 bridgehead atoms. The fourth-order valence-electron chi connectivity index (χ4n) is 10.7. The van der Waals surface area contributed by atoms with Crippen LogP contribution < -0.4 is 27.0 Å². The average molecular weight is 1180 g/mol. The van der Waals surface area contributed by atoms with Crippen LogP contribution >= 0.6 is 0 Å². The molecule has 5 heterocycles. The molecule has 2 saturated heterocycles. The van der Waals surface area contributed by atoms with Gasteiger partial charge < -0.3 is 60.8 Å². The summed E-state index contributed by atoms with van der Waals surface area (Å²) in [4.78, 5) is 131. The van der Waals surface area contributed by atoms with E-state index in [0.29, 0.717) is 56.7 Å². The molecule has 0 aliphatic carbocycles. The molecule has 2 fully saturated rings. The molecule has 25 heteroatoms. The number of aliphatic carboxylic acids is 1. The number of nitrogens with zero attached hydrogens (tertiary/aromatic N) is 8. The molecule has 4 aromatic rings. The van der Waals surface area contributed by atoms with E-state index in [2.05, 4.69) is 55.9 Å². The largest absolute Gasteiger partial charge is 0.480 e. The van der Waals surface area contributed by atoms with Gasteiger partial charge in [0.05, 0.1) is 63.0 Å². The molecule has 25 nitrogen and oxygen atoms in total. The smallest absolute Gasteiger partial charge is 0.323 e. The van der Waals surface area contributed by atoms with Gasteiger partial charge in [-0.3, -0.25) is 53.0 Å². The van der Waals surface area contributed by atoms with Crippen LogP contribution in [0.2, 0.25) is 0 Å². The third kappa shape index (κ3) is 18.3. The molecule has 7 N–H and O–H groups in total. The number of nitrogen functional groups attached to an aromatic ring is 1. The van der Waals surface area contributed by atoms with Gasteiger partial charge in [-0.1, -0.05) is 55.8 Å². The molecule has 0 spiro atoms. The van der Waals surface area contributed by atoms with Gasteiger partial charge in [-0.05, 0) is 69.7 Å². The number of carbonyl (C=O) groups excluding carboxylic acids is 8. The molecule has 0 radical (unpaired) electrons. The summed E-state index contributed by atoms with van der Waals surface area (Å²) < 4.78 is 13.4. The fourth-order valence-corrected chi connectivity index (χ4v) is 10.7. The van der Waals surface area contributed by atoms with Crippen molar-refractivity contribution in [1.29, 1.82) is 0 Å². The lowest BCUT2D eigenvalue weighted by atomic mass is 10.1. The number of hydrogen-bond acceptors (Lipinski definition) is 16. The van der Waals surface area contributed by atoms with Crippen LogP contribution in [0.15, 0.2) is 60.7 Å². The highest BCUT2D eigenvalue weighted by molar-refractivity contribution is 6.13. The topological polar surface area (TPSA) is 313 Å². The first kappa shape index (κ1) is 64.7. The number of pyridine rings is 1. The number of carbonyl (C=O) groups is 9. The first-order valence-electron chi connectivity index (χ1n) is 29.4. The lowest BCUT2D eigenvalue weighted by molar-refractivity contribution is -0.144. The Morgan fingerprint density at radius 3 is 2.18 bits per heavy atom. The van der Waals surface area contributed by atoms with Crippen LogP contribution in [0.25, 0.3) is 21.9 Å². The van der Waals surface area contributed by atoms with Crippen molar-refractivity contribution in [2.75, 3.05) is 92.6 Å². The third-order valence-electron chi connectivity index (χ3n) is 15.8. The number of carboxylic acid groups (broad SMARTS) is 1. The Labute approximate surface area is 495 Å². The zero-order chi connectivity index (χ0) is 61.2. The maximum Gasteiger partial charge on any atom is 0.323 e. The number of amides is 8. The number of unbranched alkanes of at least 4 members (excludes halogenated alkanes) is 2. The highest BCUT2D eigenvalue weighted by Crippen LogP contribution is 2.30. The number of imide groups is 1. The second-order valence-corrected chi connectivity index (χ2v) is 22.3. The third-order valence-corrected chi connectivity index (χ3v) is 15.8. The van der Waals surface area contributed by atoms with E-state index in [0.717, 1.165) is 62.4 Å². The number of likely N-dealkylation sites (N-methyl/N-ethyl adjacent to an activating group) is 3. The number of imidazole rings is 1. The maximum atomic E-state index is 14.0. The minimum Gasteiger partial charge on any atom is -0.480 e. The summed E-state index contributed by atoms with van der Waals surface area (Å²) in [6, 6.07) is 13.8. The molecule has 3 aliphatic heterocycles. The van der Waals surface area contributed by atoms with Crippen LogP contribution in [0.3, 0.4) is 0 Å². The van der Waals surface area contributed by atoms with Gasteiger partial charge in [0.15, 0.2) is 5.82 Å². The Kier molecular flexibility index (Phi) is 23.8. The SMILES string of the molecule is CCCCc1nc2c(N)nc3ccccc3c2n1Cc1ccc(CNC(=O)[C@@H]2C[C@@H](NC(=O)CCCCC(=O)N[C@@H]3C[C@@H](C(=O)N(C)CCC(C)N(C)CC(=O)N(C)CC(=O)O)N(C(=O)CCOCCOCCN4C(=O)C=CC4=O)C3)CN2)cc1. The lowest BCUT2D eigenvalue weighted by Crippen LogP contribution is -2.48. The van der Waals surface area contributed by atoms with E-state index in [9.17, 15) is 43.2 Å². The van der Waals surface area contributed by atoms with E-state index in [4.69, 9.17) is 25.3 Å². The van der Waals surface area contributed by atoms with Crippen LogP contribution in [0.4, 0.5) is 5.82 Å². The van der Waals surface area contributed by atoms with Crippen molar-refractivity contribution in [3.63, 3.8) is 0 Å². The fraction of sp³-hybridized carbons (Fsp3) is 0.550. The number of nitrogens with two attached hydrogens (primary N) is 1. The molecule has 2 aromatic carbocycles.